The normalized spacial score (nSPS) is 24.5. The van der Waals surface area contributed by atoms with Crippen molar-refractivity contribution in [1.29, 1.82) is 0 Å². The van der Waals surface area contributed by atoms with Crippen LogP contribution in [0.2, 0.25) is 0 Å². The SMILES string of the molecule is CC(C)C1CN(CCN(C)C)C(c2ccccc2)CN1. The summed E-state index contributed by atoms with van der Waals surface area (Å²) in [6.45, 7) is 9.08. The van der Waals surface area contributed by atoms with Crippen LogP contribution in [-0.4, -0.2) is 56.1 Å². The van der Waals surface area contributed by atoms with Crippen molar-refractivity contribution in [2.45, 2.75) is 25.9 Å². The van der Waals surface area contributed by atoms with Crippen LogP contribution in [0.25, 0.3) is 0 Å². The Kier molecular flexibility index (Phi) is 5.58. The van der Waals surface area contributed by atoms with Crippen LogP contribution in [0.15, 0.2) is 30.3 Å². The molecule has 1 aromatic rings. The third-order valence-corrected chi connectivity index (χ3v) is 4.27. The van der Waals surface area contributed by atoms with E-state index in [0.717, 1.165) is 26.2 Å². The molecule has 0 aliphatic carbocycles. The molecule has 1 N–H and O–H groups in total. The fourth-order valence-electron chi connectivity index (χ4n) is 2.86. The zero-order valence-electron chi connectivity index (χ0n) is 13.3. The number of likely N-dealkylation sites (N-methyl/N-ethyl adjacent to an activating group) is 1. The van der Waals surface area contributed by atoms with Gasteiger partial charge in [-0.3, -0.25) is 4.90 Å². The van der Waals surface area contributed by atoms with Gasteiger partial charge in [-0.05, 0) is 25.6 Å². The minimum Gasteiger partial charge on any atom is -0.311 e. The van der Waals surface area contributed by atoms with E-state index < -0.39 is 0 Å². The van der Waals surface area contributed by atoms with Gasteiger partial charge in [0.1, 0.15) is 0 Å². The van der Waals surface area contributed by atoms with Crippen LogP contribution in [0.5, 0.6) is 0 Å². The minimum absolute atomic E-state index is 0.506. The van der Waals surface area contributed by atoms with E-state index in [4.69, 9.17) is 0 Å². The molecule has 2 unspecified atom stereocenters. The van der Waals surface area contributed by atoms with Gasteiger partial charge in [0, 0.05) is 38.3 Å². The lowest BCUT2D eigenvalue weighted by Crippen LogP contribution is -2.55. The summed E-state index contributed by atoms with van der Waals surface area (Å²) in [5, 5.41) is 3.73. The second-order valence-electron chi connectivity index (χ2n) is 6.48. The number of hydrogen-bond donors (Lipinski definition) is 1. The van der Waals surface area contributed by atoms with Crippen molar-refractivity contribution in [3.63, 3.8) is 0 Å². The number of rotatable bonds is 5. The maximum absolute atomic E-state index is 3.73. The van der Waals surface area contributed by atoms with Crippen LogP contribution in [0.4, 0.5) is 0 Å². The average Bonchev–Trinajstić information content (AvgIpc) is 2.45. The molecule has 1 fully saturated rings. The predicted molar refractivity (Wildman–Crippen MR) is 85.9 cm³/mol. The van der Waals surface area contributed by atoms with E-state index >= 15 is 0 Å². The topological polar surface area (TPSA) is 18.5 Å². The summed E-state index contributed by atoms with van der Waals surface area (Å²) in [6.07, 6.45) is 0. The minimum atomic E-state index is 0.506. The molecule has 0 aromatic heterocycles. The molecule has 3 nitrogen and oxygen atoms in total. The number of nitrogens with zero attached hydrogens (tertiary/aromatic N) is 2. The first-order chi connectivity index (χ1) is 9.58. The molecule has 1 aromatic carbocycles. The van der Waals surface area contributed by atoms with Gasteiger partial charge in [-0.2, -0.15) is 0 Å². The van der Waals surface area contributed by atoms with Crippen molar-refractivity contribution in [2.75, 3.05) is 40.3 Å². The Bertz CT molecular complexity index is 388. The molecule has 20 heavy (non-hydrogen) atoms. The van der Waals surface area contributed by atoms with Crippen LogP contribution in [0, 0.1) is 5.92 Å². The summed E-state index contributed by atoms with van der Waals surface area (Å²) in [7, 11) is 4.30. The molecular formula is C17H29N3. The zero-order valence-corrected chi connectivity index (χ0v) is 13.3. The van der Waals surface area contributed by atoms with Crippen LogP contribution in [0.1, 0.15) is 25.5 Å². The van der Waals surface area contributed by atoms with E-state index in [1.807, 2.05) is 0 Å². The van der Waals surface area contributed by atoms with Crippen molar-refractivity contribution in [2.24, 2.45) is 5.92 Å². The van der Waals surface area contributed by atoms with Gasteiger partial charge < -0.3 is 10.2 Å². The van der Waals surface area contributed by atoms with Crippen LogP contribution < -0.4 is 5.32 Å². The highest BCUT2D eigenvalue weighted by atomic mass is 15.3. The van der Waals surface area contributed by atoms with Gasteiger partial charge in [-0.15, -0.1) is 0 Å². The first-order valence-electron chi connectivity index (χ1n) is 7.75. The molecule has 0 bridgehead atoms. The summed E-state index contributed by atoms with van der Waals surface area (Å²) in [5.41, 5.74) is 1.43. The van der Waals surface area contributed by atoms with E-state index in [-0.39, 0.29) is 0 Å². The standard InChI is InChI=1S/C17H29N3/c1-14(2)16-13-20(11-10-19(3)4)17(12-18-16)15-8-6-5-7-9-15/h5-9,14,16-18H,10-13H2,1-4H3. The molecule has 1 aliphatic rings. The van der Waals surface area contributed by atoms with Crippen LogP contribution in [-0.2, 0) is 0 Å². The molecule has 2 atom stereocenters. The average molecular weight is 275 g/mol. The van der Waals surface area contributed by atoms with Crippen molar-refractivity contribution in [1.82, 2.24) is 15.1 Å². The number of nitrogens with one attached hydrogen (secondary N) is 1. The van der Waals surface area contributed by atoms with E-state index in [0.29, 0.717) is 18.0 Å². The summed E-state index contributed by atoms with van der Waals surface area (Å²) >= 11 is 0. The fourth-order valence-corrected chi connectivity index (χ4v) is 2.86. The van der Waals surface area contributed by atoms with Gasteiger partial charge in [0.25, 0.3) is 0 Å². The largest absolute Gasteiger partial charge is 0.311 e. The lowest BCUT2D eigenvalue weighted by Gasteiger charge is -2.42. The summed E-state index contributed by atoms with van der Waals surface area (Å²) < 4.78 is 0. The molecule has 0 saturated carbocycles. The Hall–Kier alpha value is -0.900. The van der Waals surface area contributed by atoms with Gasteiger partial charge in [0.2, 0.25) is 0 Å². The molecule has 0 amide bonds. The van der Waals surface area contributed by atoms with Crippen LogP contribution >= 0.6 is 0 Å². The second-order valence-corrected chi connectivity index (χ2v) is 6.48. The lowest BCUT2D eigenvalue weighted by atomic mass is 9.96. The molecule has 1 saturated heterocycles. The second kappa shape index (κ2) is 7.21. The first-order valence-corrected chi connectivity index (χ1v) is 7.75. The molecule has 112 valence electrons. The Morgan fingerprint density at radius 2 is 1.95 bits per heavy atom. The maximum atomic E-state index is 3.73. The van der Waals surface area contributed by atoms with Gasteiger partial charge in [-0.25, -0.2) is 0 Å². The molecule has 3 heteroatoms. The van der Waals surface area contributed by atoms with E-state index in [9.17, 15) is 0 Å². The van der Waals surface area contributed by atoms with Crippen molar-refractivity contribution < 1.29 is 0 Å². The number of piperazine rings is 1. The Morgan fingerprint density at radius 3 is 2.55 bits per heavy atom. The maximum Gasteiger partial charge on any atom is 0.0473 e. The quantitative estimate of drug-likeness (QED) is 0.889. The molecule has 2 rings (SSSR count). The third-order valence-electron chi connectivity index (χ3n) is 4.27. The molecule has 1 heterocycles. The van der Waals surface area contributed by atoms with Crippen molar-refractivity contribution in [3.05, 3.63) is 35.9 Å². The summed E-state index contributed by atoms with van der Waals surface area (Å²) in [5.74, 6) is 0.688. The van der Waals surface area contributed by atoms with Crippen LogP contribution in [0.3, 0.4) is 0 Å². The highest BCUT2D eigenvalue weighted by molar-refractivity contribution is 5.20. The summed E-state index contributed by atoms with van der Waals surface area (Å²) in [6, 6.07) is 12.0. The zero-order chi connectivity index (χ0) is 14.5. The highest BCUT2D eigenvalue weighted by Crippen LogP contribution is 2.24. The molecular weight excluding hydrogens is 246 g/mol. The highest BCUT2D eigenvalue weighted by Gasteiger charge is 2.29. The lowest BCUT2D eigenvalue weighted by molar-refractivity contribution is 0.105. The Labute approximate surface area is 124 Å². The van der Waals surface area contributed by atoms with Gasteiger partial charge in [-0.1, -0.05) is 44.2 Å². The van der Waals surface area contributed by atoms with Gasteiger partial charge in [0.05, 0.1) is 0 Å². The van der Waals surface area contributed by atoms with Gasteiger partial charge in [0.15, 0.2) is 0 Å². The number of hydrogen-bond acceptors (Lipinski definition) is 3. The van der Waals surface area contributed by atoms with Crippen molar-refractivity contribution in [3.8, 4) is 0 Å². The molecule has 0 spiro atoms. The van der Waals surface area contributed by atoms with E-state index in [1.54, 1.807) is 0 Å². The van der Waals surface area contributed by atoms with E-state index in [2.05, 4.69) is 73.4 Å². The first kappa shape index (κ1) is 15.5. The molecule has 0 radical (unpaired) electrons. The predicted octanol–water partition coefficient (Wildman–Crippen LogP) is 2.22. The summed E-state index contributed by atoms with van der Waals surface area (Å²) in [4.78, 5) is 4.92. The number of benzene rings is 1. The molecule has 1 aliphatic heterocycles. The Balaban J connectivity index is 2.08. The van der Waals surface area contributed by atoms with E-state index in [1.165, 1.54) is 5.56 Å². The van der Waals surface area contributed by atoms with Gasteiger partial charge >= 0.3 is 0 Å². The smallest absolute Gasteiger partial charge is 0.0473 e. The monoisotopic (exact) mass is 275 g/mol. The van der Waals surface area contributed by atoms with Crippen molar-refractivity contribution >= 4 is 0 Å². The third kappa shape index (κ3) is 4.05. The Morgan fingerprint density at radius 1 is 1.25 bits per heavy atom. The fraction of sp³-hybridized carbons (Fsp3) is 0.647.